The molecule has 0 bridgehead atoms. The van der Waals surface area contributed by atoms with Gasteiger partial charge >= 0.3 is 0 Å². The third-order valence-electron chi connectivity index (χ3n) is 2.76. The van der Waals surface area contributed by atoms with Gasteiger partial charge < -0.3 is 0 Å². The van der Waals surface area contributed by atoms with E-state index in [0.29, 0.717) is 17.0 Å². The summed E-state index contributed by atoms with van der Waals surface area (Å²) < 4.78 is 14.6. The van der Waals surface area contributed by atoms with E-state index in [-0.39, 0.29) is 11.6 Å². The van der Waals surface area contributed by atoms with Gasteiger partial charge in [0.25, 0.3) is 0 Å². The summed E-state index contributed by atoms with van der Waals surface area (Å²) >= 11 is 1.48. The van der Waals surface area contributed by atoms with Crippen LogP contribution in [0.3, 0.4) is 0 Å². The van der Waals surface area contributed by atoms with Gasteiger partial charge in [0, 0.05) is 17.1 Å². The van der Waals surface area contributed by atoms with Crippen molar-refractivity contribution in [3.63, 3.8) is 0 Å². The lowest BCUT2D eigenvalue weighted by Crippen LogP contribution is -2.06. The molecule has 0 aliphatic heterocycles. The van der Waals surface area contributed by atoms with Gasteiger partial charge in [-0.05, 0) is 31.2 Å². The molecule has 0 atom stereocenters. The van der Waals surface area contributed by atoms with Crippen molar-refractivity contribution in [2.75, 3.05) is 0 Å². The van der Waals surface area contributed by atoms with Crippen molar-refractivity contribution in [1.82, 2.24) is 9.38 Å². The number of hydrogen-bond acceptors (Lipinski definition) is 3. The van der Waals surface area contributed by atoms with Crippen molar-refractivity contribution >= 4 is 22.1 Å². The van der Waals surface area contributed by atoms with E-state index < -0.39 is 0 Å². The number of nitrogens with zero attached hydrogens (tertiary/aromatic N) is 2. The van der Waals surface area contributed by atoms with Crippen LogP contribution in [-0.2, 0) is 0 Å². The van der Waals surface area contributed by atoms with Crippen molar-refractivity contribution in [1.29, 1.82) is 0 Å². The Morgan fingerprint density at radius 2 is 2.06 bits per heavy atom. The second-order valence-corrected chi connectivity index (χ2v) is 4.81. The molecule has 3 aromatic rings. The third kappa shape index (κ3) is 1.64. The predicted octanol–water partition coefficient (Wildman–Crippen LogP) is 3.07. The average molecular weight is 260 g/mol. The number of benzene rings is 1. The normalized spacial score (nSPS) is 11.0. The number of rotatable bonds is 2. The molecule has 1 aromatic carbocycles. The molecule has 0 saturated heterocycles. The molecule has 0 fully saturated rings. The Bertz CT molecular complexity index is 727. The first-order chi connectivity index (χ1) is 8.66. The van der Waals surface area contributed by atoms with Crippen LogP contribution in [0.2, 0.25) is 0 Å². The van der Waals surface area contributed by atoms with E-state index in [4.69, 9.17) is 0 Å². The van der Waals surface area contributed by atoms with E-state index in [1.807, 2.05) is 11.6 Å². The topological polar surface area (TPSA) is 34.4 Å². The SMILES string of the molecule is Cc1nc2sccn2c1C(=O)c1ccc(F)cc1. The van der Waals surface area contributed by atoms with Gasteiger partial charge in [-0.25, -0.2) is 9.37 Å². The van der Waals surface area contributed by atoms with Gasteiger partial charge in [0.2, 0.25) is 5.78 Å². The molecule has 2 heterocycles. The van der Waals surface area contributed by atoms with E-state index in [0.717, 1.165) is 4.96 Å². The van der Waals surface area contributed by atoms with Gasteiger partial charge in [-0.3, -0.25) is 9.20 Å². The molecule has 0 amide bonds. The molecule has 0 saturated carbocycles. The number of hydrogen-bond donors (Lipinski definition) is 0. The molecule has 3 nitrogen and oxygen atoms in total. The zero-order chi connectivity index (χ0) is 12.7. The number of halogens is 1. The number of carbonyl (C=O) groups excluding carboxylic acids is 1. The van der Waals surface area contributed by atoms with E-state index in [2.05, 4.69) is 4.98 Å². The first-order valence-electron chi connectivity index (χ1n) is 5.39. The summed E-state index contributed by atoms with van der Waals surface area (Å²) in [4.78, 5) is 17.5. The van der Waals surface area contributed by atoms with Gasteiger partial charge in [0.05, 0.1) is 5.69 Å². The Balaban J connectivity index is 2.14. The van der Waals surface area contributed by atoms with Crippen LogP contribution in [0.5, 0.6) is 0 Å². The second-order valence-electron chi connectivity index (χ2n) is 3.94. The number of fused-ring (bicyclic) bond motifs is 1. The highest BCUT2D eigenvalue weighted by atomic mass is 32.1. The molecule has 0 aliphatic carbocycles. The lowest BCUT2D eigenvalue weighted by atomic mass is 10.1. The molecule has 0 radical (unpaired) electrons. The number of aromatic nitrogens is 2. The summed E-state index contributed by atoms with van der Waals surface area (Å²) in [5.41, 5.74) is 1.70. The van der Waals surface area contributed by atoms with E-state index in [1.165, 1.54) is 35.6 Å². The highest BCUT2D eigenvalue weighted by molar-refractivity contribution is 7.15. The molecule has 0 unspecified atom stereocenters. The number of aryl methyl sites for hydroxylation is 1. The highest BCUT2D eigenvalue weighted by Crippen LogP contribution is 2.20. The molecule has 18 heavy (non-hydrogen) atoms. The monoisotopic (exact) mass is 260 g/mol. The Morgan fingerprint density at radius 1 is 1.33 bits per heavy atom. The third-order valence-corrected chi connectivity index (χ3v) is 3.51. The number of carbonyl (C=O) groups is 1. The molecule has 0 aliphatic rings. The lowest BCUT2D eigenvalue weighted by Gasteiger charge is -2.01. The van der Waals surface area contributed by atoms with Crippen molar-refractivity contribution in [3.8, 4) is 0 Å². The van der Waals surface area contributed by atoms with Crippen molar-refractivity contribution in [2.24, 2.45) is 0 Å². The number of ketones is 1. The van der Waals surface area contributed by atoms with Crippen LogP contribution in [0, 0.1) is 12.7 Å². The van der Waals surface area contributed by atoms with E-state index >= 15 is 0 Å². The molecule has 0 spiro atoms. The molecular formula is C13H9FN2OS. The van der Waals surface area contributed by atoms with Gasteiger partial charge in [0.1, 0.15) is 11.5 Å². The maximum atomic E-state index is 12.8. The zero-order valence-corrected chi connectivity index (χ0v) is 10.4. The van der Waals surface area contributed by atoms with Crippen LogP contribution in [0.4, 0.5) is 4.39 Å². The van der Waals surface area contributed by atoms with E-state index in [9.17, 15) is 9.18 Å². The molecule has 0 N–H and O–H groups in total. The van der Waals surface area contributed by atoms with Crippen LogP contribution < -0.4 is 0 Å². The summed E-state index contributed by atoms with van der Waals surface area (Å²) in [7, 11) is 0. The minimum atomic E-state index is -0.350. The minimum Gasteiger partial charge on any atom is -0.287 e. The smallest absolute Gasteiger partial charge is 0.211 e. The summed E-state index contributed by atoms with van der Waals surface area (Å²) in [5, 5.41) is 1.88. The largest absolute Gasteiger partial charge is 0.287 e. The van der Waals surface area contributed by atoms with Crippen molar-refractivity contribution in [3.05, 3.63) is 58.6 Å². The Morgan fingerprint density at radius 3 is 2.78 bits per heavy atom. The maximum Gasteiger partial charge on any atom is 0.211 e. The number of thiazole rings is 1. The summed E-state index contributed by atoms with van der Waals surface area (Å²) in [6, 6.07) is 5.55. The highest BCUT2D eigenvalue weighted by Gasteiger charge is 2.18. The fraction of sp³-hybridized carbons (Fsp3) is 0.0769. The fourth-order valence-corrected chi connectivity index (χ4v) is 2.67. The maximum absolute atomic E-state index is 12.8. The van der Waals surface area contributed by atoms with Crippen LogP contribution in [0.15, 0.2) is 35.8 Å². The van der Waals surface area contributed by atoms with Gasteiger partial charge in [-0.1, -0.05) is 0 Å². The first-order valence-corrected chi connectivity index (χ1v) is 6.27. The Labute approximate surface area is 107 Å². The van der Waals surface area contributed by atoms with Crippen LogP contribution in [0.25, 0.3) is 4.96 Å². The van der Waals surface area contributed by atoms with Crippen molar-refractivity contribution in [2.45, 2.75) is 6.92 Å². The summed E-state index contributed by atoms with van der Waals surface area (Å²) in [6.07, 6.45) is 1.82. The molecular weight excluding hydrogens is 251 g/mol. The second kappa shape index (κ2) is 4.03. The Kier molecular flexibility index (Phi) is 2.48. The average Bonchev–Trinajstić information content (AvgIpc) is 2.89. The van der Waals surface area contributed by atoms with Crippen LogP contribution in [0.1, 0.15) is 21.7 Å². The molecule has 2 aromatic heterocycles. The van der Waals surface area contributed by atoms with Crippen LogP contribution in [-0.4, -0.2) is 15.2 Å². The predicted molar refractivity (Wildman–Crippen MR) is 67.6 cm³/mol. The minimum absolute atomic E-state index is 0.140. The van der Waals surface area contributed by atoms with Gasteiger partial charge in [0.15, 0.2) is 4.96 Å². The Hall–Kier alpha value is -2.01. The summed E-state index contributed by atoms with van der Waals surface area (Å²) in [5.74, 6) is -0.490. The van der Waals surface area contributed by atoms with Crippen molar-refractivity contribution < 1.29 is 9.18 Å². The molecule has 5 heteroatoms. The lowest BCUT2D eigenvalue weighted by molar-refractivity contribution is 0.103. The molecule has 90 valence electrons. The quantitative estimate of drug-likeness (QED) is 0.664. The fourth-order valence-electron chi connectivity index (χ4n) is 1.91. The zero-order valence-electron chi connectivity index (χ0n) is 9.55. The van der Waals surface area contributed by atoms with Crippen LogP contribution >= 0.6 is 11.3 Å². The van der Waals surface area contributed by atoms with E-state index in [1.54, 1.807) is 11.3 Å². The number of imidazole rings is 1. The molecule has 3 rings (SSSR count). The van der Waals surface area contributed by atoms with Gasteiger partial charge in [-0.15, -0.1) is 11.3 Å². The van der Waals surface area contributed by atoms with Gasteiger partial charge in [-0.2, -0.15) is 0 Å². The summed E-state index contributed by atoms with van der Waals surface area (Å²) in [6.45, 7) is 1.80. The first kappa shape index (κ1) is 11.1. The standard InChI is InChI=1S/C13H9FN2OS/c1-8-11(16-6-7-18-13(16)15-8)12(17)9-2-4-10(14)5-3-9/h2-7H,1H3.